The first-order chi connectivity index (χ1) is 6.87. The number of hydrogen-bond donors (Lipinski definition) is 0. The van der Waals surface area contributed by atoms with Gasteiger partial charge in [-0.15, -0.1) is 0 Å². The van der Waals surface area contributed by atoms with Crippen LogP contribution < -0.4 is 0 Å². The van der Waals surface area contributed by atoms with Crippen molar-refractivity contribution in [3.05, 3.63) is 18.5 Å². The summed E-state index contributed by atoms with van der Waals surface area (Å²) in [6.07, 6.45) is 2.71. The van der Waals surface area contributed by atoms with Crippen LogP contribution in [0.15, 0.2) is 27.4 Å². The van der Waals surface area contributed by atoms with Crippen LogP contribution in [0.3, 0.4) is 0 Å². The molecule has 0 aromatic carbocycles. The molecule has 0 bridgehead atoms. The molecule has 1 rings (SSSR count). The van der Waals surface area contributed by atoms with E-state index in [1.807, 2.05) is 0 Å². The van der Waals surface area contributed by atoms with Crippen molar-refractivity contribution in [3.8, 4) is 0 Å². The van der Waals surface area contributed by atoms with Gasteiger partial charge in [0.05, 0.1) is 0 Å². The minimum atomic E-state index is -4.20. The van der Waals surface area contributed by atoms with Crippen LogP contribution in [-0.2, 0) is 19.0 Å². The molecule has 0 saturated heterocycles. The molecule has 9 heteroatoms. The molecule has 1 atom stereocenters. The van der Waals surface area contributed by atoms with Gasteiger partial charge in [0.15, 0.2) is 0 Å². The van der Waals surface area contributed by atoms with Crippen molar-refractivity contribution in [1.29, 1.82) is 0 Å². The standard InChI is InChI=1S/C6H8ClN3O3S2/c1-2-14(11,10-15(7,12)13)6-8-4-3-5-9-6/h3-5H,2H2,1H3/t14-/m0/s1. The van der Waals surface area contributed by atoms with Crippen molar-refractivity contribution in [3.63, 3.8) is 0 Å². The summed E-state index contributed by atoms with van der Waals surface area (Å²) in [5.74, 6) is -0.0248. The molecule has 0 aliphatic heterocycles. The Morgan fingerprint density at radius 3 is 2.27 bits per heavy atom. The van der Waals surface area contributed by atoms with Crippen LogP contribution >= 0.6 is 10.7 Å². The molecule has 0 spiro atoms. The highest BCUT2D eigenvalue weighted by Gasteiger charge is 2.17. The van der Waals surface area contributed by atoms with Gasteiger partial charge in [-0.05, 0) is 6.07 Å². The van der Waals surface area contributed by atoms with Gasteiger partial charge in [-0.1, -0.05) is 10.7 Å². The molecule has 0 radical (unpaired) electrons. The molecule has 0 saturated carbocycles. The average molecular weight is 270 g/mol. The molecule has 0 N–H and O–H groups in total. The Morgan fingerprint density at radius 1 is 1.33 bits per heavy atom. The van der Waals surface area contributed by atoms with E-state index in [-0.39, 0.29) is 10.9 Å². The summed E-state index contributed by atoms with van der Waals surface area (Å²) in [5, 5.41) is -0.128. The van der Waals surface area contributed by atoms with E-state index in [0.717, 1.165) is 0 Å². The monoisotopic (exact) mass is 269 g/mol. The van der Waals surface area contributed by atoms with Gasteiger partial charge in [0.2, 0.25) is 5.16 Å². The van der Waals surface area contributed by atoms with Crippen LogP contribution in [0.25, 0.3) is 0 Å². The van der Waals surface area contributed by atoms with Crippen molar-refractivity contribution in [2.75, 3.05) is 5.75 Å². The summed E-state index contributed by atoms with van der Waals surface area (Å²) in [6, 6.07) is 1.52. The van der Waals surface area contributed by atoms with Gasteiger partial charge >= 0.3 is 9.24 Å². The van der Waals surface area contributed by atoms with Crippen LogP contribution in [0.2, 0.25) is 0 Å². The van der Waals surface area contributed by atoms with E-state index < -0.39 is 19.0 Å². The summed E-state index contributed by atoms with van der Waals surface area (Å²) < 4.78 is 36.6. The van der Waals surface area contributed by atoms with E-state index in [9.17, 15) is 12.6 Å². The topological polar surface area (TPSA) is 89.4 Å². The zero-order valence-electron chi connectivity index (χ0n) is 7.70. The Balaban J connectivity index is 3.44. The van der Waals surface area contributed by atoms with Crippen LogP contribution in [0.5, 0.6) is 0 Å². The molecule has 6 nitrogen and oxygen atoms in total. The largest absolute Gasteiger partial charge is 0.347 e. The van der Waals surface area contributed by atoms with Crippen molar-refractivity contribution in [1.82, 2.24) is 9.97 Å². The van der Waals surface area contributed by atoms with Crippen molar-refractivity contribution in [2.45, 2.75) is 12.1 Å². The highest BCUT2D eigenvalue weighted by molar-refractivity contribution is 8.17. The SMILES string of the molecule is CC[S@@](=O)(=NS(=O)(=O)Cl)c1ncccn1. The smallest absolute Gasteiger partial charge is 0.240 e. The highest BCUT2D eigenvalue weighted by Crippen LogP contribution is 2.12. The number of hydrogen-bond acceptors (Lipinski definition) is 5. The maximum absolute atomic E-state index is 12.0. The van der Waals surface area contributed by atoms with Gasteiger partial charge in [0.25, 0.3) is 0 Å². The van der Waals surface area contributed by atoms with Gasteiger partial charge in [-0.3, -0.25) is 0 Å². The number of rotatable bonds is 3. The van der Waals surface area contributed by atoms with Crippen LogP contribution in [0, 0.1) is 0 Å². The highest BCUT2D eigenvalue weighted by atomic mass is 35.7. The molecule has 0 unspecified atom stereocenters. The second-order valence-corrected chi connectivity index (χ2v) is 7.26. The molecule has 0 aliphatic carbocycles. The third kappa shape index (κ3) is 3.40. The first-order valence-electron chi connectivity index (χ1n) is 3.85. The zero-order chi connectivity index (χ0) is 11.5. The molecule has 1 aromatic heterocycles. The lowest BCUT2D eigenvalue weighted by atomic mass is 10.7. The van der Waals surface area contributed by atoms with Gasteiger partial charge < -0.3 is 0 Å². The molecule has 0 fully saturated rings. The van der Waals surface area contributed by atoms with E-state index in [1.54, 1.807) is 0 Å². The lowest BCUT2D eigenvalue weighted by Crippen LogP contribution is -2.09. The summed E-state index contributed by atoms with van der Waals surface area (Å²) >= 11 is 0. The van der Waals surface area contributed by atoms with E-state index in [0.29, 0.717) is 0 Å². The lowest BCUT2D eigenvalue weighted by molar-refractivity contribution is 0.611. The zero-order valence-corrected chi connectivity index (χ0v) is 10.1. The third-order valence-corrected chi connectivity index (χ3v) is 5.17. The van der Waals surface area contributed by atoms with Crippen molar-refractivity contribution >= 4 is 29.6 Å². The van der Waals surface area contributed by atoms with Gasteiger partial charge in [-0.2, -0.15) is 8.42 Å². The van der Waals surface area contributed by atoms with Crippen LogP contribution in [0.4, 0.5) is 0 Å². The minimum absolute atomic E-state index is 0.0248. The first kappa shape index (κ1) is 12.3. The molecular weight excluding hydrogens is 262 g/mol. The van der Waals surface area contributed by atoms with Crippen LogP contribution in [-0.4, -0.2) is 28.3 Å². The number of nitrogens with zero attached hydrogens (tertiary/aromatic N) is 3. The number of halogens is 1. The van der Waals surface area contributed by atoms with E-state index in [1.165, 1.54) is 25.4 Å². The van der Waals surface area contributed by atoms with E-state index in [4.69, 9.17) is 10.7 Å². The molecule has 0 aliphatic rings. The fourth-order valence-electron chi connectivity index (χ4n) is 0.809. The van der Waals surface area contributed by atoms with Crippen molar-refractivity contribution < 1.29 is 12.6 Å². The predicted octanol–water partition coefficient (Wildman–Crippen LogP) is 0.807. The maximum Gasteiger partial charge on any atom is 0.347 e. The first-order valence-corrected chi connectivity index (χ1v) is 7.80. The molecule has 0 amide bonds. The van der Waals surface area contributed by atoms with E-state index >= 15 is 0 Å². The summed E-state index contributed by atoms with van der Waals surface area (Å²) in [7, 11) is -2.46. The van der Waals surface area contributed by atoms with Gasteiger partial charge in [-0.25, -0.2) is 14.2 Å². The second kappa shape index (κ2) is 4.42. The van der Waals surface area contributed by atoms with Crippen LogP contribution in [0.1, 0.15) is 6.92 Å². The molecule has 15 heavy (non-hydrogen) atoms. The normalized spacial score (nSPS) is 15.6. The predicted molar refractivity (Wildman–Crippen MR) is 56.2 cm³/mol. The maximum atomic E-state index is 12.0. The molecular formula is C6H8ClN3O3S2. The summed E-state index contributed by atoms with van der Waals surface area (Å²) in [4.78, 5) is 7.40. The third-order valence-electron chi connectivity index (χ3n) is 1.43. The number of aromatic nitrogens is 2. The summed E-state index contributed by atoms with van der Waals surface area (Å²) in [5.41, 5.74) is 0. The minimum Gasteiger partial charge on any atom is -0.240 e. The lowest BCUT2D eigenvalue weighted by Gasteiger charge is -2.02. The quantitative estimate of drug-likeness (QED) is 0.598. The molecule has 84 valence electrons. The Hall–Kier alpha value is -0.730. The second-order valence-electron chi connectivity index (χ2n) is 2.45. The average Bonchev–Trinajstić information content (AvgIpc) is 2.16. The Morgan fingerprint density at radius 2 is 1.87 bits per heavy atom. The Kier molecular flexibility index (Phi) is 3.63. The Labute approximate surface area is 92.4 Å². The fourth-order valence-corrected chi connectivity index (χ4v) is 4.18. The van der Waals surface area contributed by atoms with Gasteiger partial charge in [0.1, 0.15) is 9.73 Å². The van der Waals surface area contributed by atoms with Gasteiger partial charge in [0, 0.05) is 28.8 Å². The van der Waals surface area contributed by atoms with E-state index in [2.05, 4.69) is 13.7 Å². The Bertz CT molecular complexity index is 548. The fraction of sp³-hybridized carbons (Fsp3) is 0.333. The van der Waals surface area contributed by atoms with Crippen molar-refractivity contribution in [2.24, 2.45) is 3.77 Å². The summed E-state index contributed by atoms with van der Waals surface area (Å²) in [6.45, 7) is 1.52. The molecule has 1 heterocycles. The molecule has 1 aromatic rings.